The molecule has 9 rings (SSSR count). The van der Waals surface area contributed by atoms with E-state index in [1.165, 1.54) is 36.2 Å². The number of sulfone groups is 1. The van der Waals surface area contributed by atoms with Crippen molar-refractivity contribution >= 4 is 67.9 Å². The van der Waals surface area contributed by atoms with E-state index in [2.05, 4.69) is 57.0 Å². The molecular formula is C61H83N13O9S. The first-order valence-corrected chi connectivity index (χ1v) is 31.1. The number of amides is 4. The molecule has 0 radical (unpaired) electrons. The Labute approximate surface area is 492 Å². The van der Waals surface area contributed by atoms with Gasteiger partial charge in [0.1, 0.15) is 53.1 Å². The second kappa shape index (κ2) is 25.5. The zero-order chi connectivity index (χ0) is 60.3. The Morgan fingerprint density at radius 3 is 2.27 bits per heavy atom. The summed E-state index contributed by atoms with van der Waals surface area (Å²) in [5, 5.41) is 17.4. The topological polar surface area (TPSA) is 267 Å². The highest BCUT2D eigenvalue weighted by Crippen LogP contribution is 2.39. The number of carbonyl (C=O) groups excluding carboxylic acids is 5. The summed E-state index contributed by atoms with van der Waals surface area (Å²) in [6.45, 7) is 19.0. The van der Waals surface area contributed by atoms with Gasteiger partial charge in [-0.15, -0.1) is 0 Å². The van der Waals surface area contributed by atoms with Crippen LogP contribution in [0.3, 0.4) is 0 Å². The van der Waals surface area contributed by atoms with E-state index < -0.39 is 50.3 Å². The second-order valence-corrected chi connectivity index (χ2v) is 27.8. The molecule has 4 aliphatic rings. The molecule has 4 N–H and O–H groups in total. The van der Waals surface area contributed by atoms with Gasteiger partial charge in [-0.1, -0.05) is 43.5 Å². The van der Waals surface area contributed by atoms with Crippen molar-refractivity contribution in [2.75, 3.05) is 63.1 Å². The van der Waals surface area contributed by atoms with Gasteiger partial charge in [-0.3, -0.25) is 34.1 Å². The highest BCUT2D eigenvalue weighted by atomic mass is 32.2. The lowest BCUT2D eigenvalue weighted by Crippen LogP contribution is -2.59. The number of likely N-dealkylation sites (N-methyl/N-ethyl adjacent to an activating group) is 1. The first-order valence-electron chi connectivity index (χ1n) is 29.6. The van der Waals surface area contributed by atoms with Gasteiger partial charge in [0.15, 0.2) is 21.4 Å². The molecular weight excluding hydrogens is 1090 g/mol. The van der Waals surface area contributed by atoms with Crippen molar-refractivity contribution in [2.24, 2.45) is 11.8 Å². The standard InChI is InChI=1S/C61H83N13O9S/c1-37-38(2)69-70-53(37)68-54-45-31-51(84(80,81)61(7,8)9)50(32-47(45)64-36-65-54)82-28-27-72-23-25-73(26-24-72)58-62-33-43(34-63-58)49(75)30-40-29-48(56(77)66-46-22-16-20-41-17-14-15-21-44(41)46)74(35-40)57(78)52(42-18-12-11-13-19-42)67-55(76)39(3)71(10)59(79)83-60(4,5)6/h14-15,17,21,31-34,36,39-40,42,46,48,52H,11-13,16,18-20,22-30,35H2,1-10H3,(H,66,77)(H,67,76)(H2,64,65,68,69,70)/t39-,40+,46+,48-,52-/m0/s1. The monoisotopic (exact) mass is 1170 g/mol. The predicted molar refractivity (Wildman–Crippen MR) is 319 cm³/mol. The number of hydrogen-bond acceptors (Lipinski definition) is 17. The number of fused-ring (bicyclic) bond motifs is 2. The Balaban J connectivity index is 0.843. The third kappa shape index (κ3) is 13.9. The van der Waals surface area contributed by atoms with E-state index in [0.29, 0.717) is 79.6 Å². The van der Waals surface area contributed by atoms with E-state index in [4.69, 9.17) is 9.47 Å². The Kier molecular flexibility index (Phi) is 18.6. The number of carbonyl (C=O) groups is 5. The molecule has 5 heterocycles. The van der Waals surface area contributed by atoms with Crippen molar-refractivity contribution in [3.05, 3.63) is 83.1 Å². The molecule has 5 aromatic rings. The Hall–Kier alpha value is -7.27. The number of aryl methyl sites for hydroxylation is 2. The molecule has 3 fully saturated rings. The van der Waals surface area contributed by atoms with Crippen molar-refractivity contribution < 1.29 is 41.9 Å². The van der Waals surface area contributed by atoms with Gasteiger partial charge in [0, 0.05) is 87.8 Å². The molecule has 0 bridgehead atoms. The van der Waals surface area contributed by atoms with E-state index in [-0.39, 0.29) is 72.1 Å². The van der Waals surface area contributed by atoms with Crippen molar-refractivity contribution in [3.8, 4) is 5.75 Å². The van der Waals surface area contributed by atoms with Gasteiger partial charge in [-0.25, -0.2) is 33.1 Å². The van der Waals surface area contributed by atoms with Crippen LogP contribution in [0, 0.1) is 25.7 Å². The lowest BCUT2D eigenvalue weighted by Gasteiger charge is -2.36. The number of aromatic nitrogens is 6. The third-order valence-corrected chi connectivity index (χ3v) is 19.5. The van der Waals surface area contributed by atoms with Crippen molar-refractivity contribution in [3.63, 3.8) is 0 Å². The molecule has 22 nitrogen and oxygen atoms in total. The first kappa shape index (κ1) is 61.3. The zero-order valence-electron chi connectivity index (χ0n) is 50.3. The largest absolute Gasteiger partial charge is 0.491 e. The summed E-state index contributed by atoms with van der Waals surface area (Å²) in [6.07, 6.45) is 10.9. The van der Waals surface area contributed by atoms with Crippen LogP contribution in [-0.2, 0) is 35.4 Å². The van der Waals surface area contributed by atoms with E-state index >= 15 is 4.79 Å². The van der Waals surface area contributed by atoms with Crippen LogP contribution < -0.4 is 25.6 Å². The first-order chi connectivity index (χ1) is 39.9. The van der Waals surface area contributed by atoms with Crippen molar-refractivity contribution in [2.45, 2.75) is 166 Å². The number of H-pyrrole nitrogens is 1. The average molecular weight is 1170 g/mol. The lowest BCUT2D eigenvalue weighted by atomic mass is 9.83. The molecule has 2 aromatic carbocycles. The zero-order valence-corrected chi connectivity index (χ0v) is 51.1. The lowest BCUT2D eigenvalue weighted by molar-refractivity contribution is -0.143. The van der Waals surface area contributed by atoms with Crippen LogP contribution in [0.5, 0.6) is 5.75 Å². The molecule has 1 saturated carbocycles. The quantitative estimate of drug-likeness (QED) is 0.0616. The number of aromatic amines is 1. The molecule has 23 heteroatoms. The fourth-order valence-electron chi connectivity index (χ4n) is 11.7. The van der Waals surface area contributed by atoms with Crippen LogP contribution in [0.2, 0.25) is 0 Å². The fourth-order valence-corrected chi connectivity index (χ4v) is 13.0. The minimum Gasteiger partial charge on any atom is -0.491 e. The number of anilines is 3. The molecule has 3 aromatic heterocycles. The minimum atomic E-state index is -3.88. The van der Waals surface area contributed by atoms with Crippen LogP contribution in [0.15, 0.2) is 60.0 Å². The van der Waals surface area contributed by atoms with Crippen molar-refractivity contribution in [1.29, 1.82) is 0 Å². The number of benzene rings is 2. The third-order valence-electron chi connectivity index (χ3n) is 17.0. The van der Waals surface area contributed by atoms with Gasteiger partial charge in [0.05, 0.1) is 21.9 Å². The number of piperazine rings is 1. The summed E-state index contributed by atoms with van der Waals surface area (Å²) in [5.41, 5.74) is 4.10. The number of ether oxygens (including phenoxy) is 2. The molecule has 2 aliphatic carbocycles. The number of rotatable bonds is 18. The van der Waals surface area contributed by atoms with Crippen LogP contribution >= 0.6 is 0 Å². The smallest absolute Gasteiger partial charge is 0.410 e. The van der Waals surface area contributed by atoms with Crippen LogP contribution in [-0.4, -0.2) is 164 Å². The van der Waals surface area contributed by atoms with E-state index in [0.717, 1.165) is 55.3 Å². The van der Waals surface area contributed by atoms with Crippen LogP contribution in [0.25, 0.3) is 10.9 Å². The summed E-state index contributed by atoms with van der Waals surface area (Å²) in [7, 11) is -2.39. The molecule has 4 amide bonds. The molecule has 452 valence electrons. The maximum absolute atomic E-state index is 15.2. The molecule has 84 heavy (non-hydrogen) atoms. The molecule has 5 atom stereocenters. The number of Topliss-reactive ketones (excluding diaryl/α,β-unsaturated/α-hetero) is 1. The highest BCUT2D eigenvalue weighted by molar-refractivity contribution is 7.92. The summed E-state index contributed by atoms with van der Waals surface area (Å²) in [4.78, 5) is 96.4. The minimum absolute atomic E-state index is 0.0432. The SMILES string of the molecule is Cc1[nH]nc(Nc2ncnc3cc(OCCN4CCN(c5ncc(C(=O)C[C@H]6C[C@@H](C(=O)N[C@@H]7CCCc8ccccc87)N(C(=O)[C@@H](NC(=O)[C@H](C)N(C)C(=O)OC(C)(C)C)C7CCCCC7)C6)cn5)CC4)c(S(=O)(=O)C(C)(C)C)cc23)c1C. The molecule has 2 aliphatic heterocycles. The predicted octanol–water partition coefficient (Wildman–Crippen LogP) is 7.58. The number of ketones is 1. The summed E-state index contributed by atoms with van der Waals surface area (Å²) >= 11 is 0. The van der Waals surface area contributed by atoms with Crippen molar-refractivity contribution in [1.82, 2.24) is 55.5 Å². The number of likely N-dealkylation sites (tertiary alicyclic amines) is 1. The maximum Gasteiger partial charge on any atom is 0.410 e. The Morgan fingerprint density at radius 2 is 1.60 bits per heavy atom. The van der Waals surface area contributed by atoms with Gasteiger partial charge in [0.25, 0.3) is 0 Å². The highest BCUT2D eigenvalue weighted by Gasteiger charge is 2.46. The maximum atomic E-state index is 15.2. The van der Waals surface area contributed by atoms with Gasteiger partial charge in [0.2, 0.25) is 23.7 Å². The summed E-state index contributed by atoms with van der Waals surface area (Å²) < 4.78 is 38.9. The molecule has 0 unspecified atom stereocenters. The van der Waals surface area contributed by atoms with E-state index in [1.54, 1.807) is 65.5 Å². The Bertz CT molecular complexity index is 3330. The summed E-state index contributed by atoms with van der Waals surface area (Å²) in [6, 6.07) is 8.28. The van der Waals surface area contributed by atoms with Gasteiger partial charge < -0.3 is 35.2 Å². The van der Waals surface area contributed by atoms with Crippen LogP contribution in [0.4, 0.5) is 22.4 Å². The number of nitrogens with one attached hydrogen (secondary N) is 4. The number of hydrogen-bond donors (Lipinski definition) is 4. The van der Waals surface area contributed by atoms with Gasteiger partial charge in [-0.2, -0.15) is 5.10 Å². The van der Waals surface area contributed by atoms with Gasteiger partial charge >= 0.3 is 6.09 Å². The van der Waals surface area contributed by atoms with E-state index in [9.17, 15) is 27.6 Å². The average Bonchev–Trinajstić information content (AvgIpc) is 4.22. The molecule has 2 saturated heterocycles. The van der Waals surface area contributed by atoms with Gasteiger partial charge in [-0.05, 0) is 130 Å². The van der Waals surface area contributed by atoms with E-state index in [1.807, 2.05) is 36.9 Å². The van der Waals surface area contributed by atoms with Crippen LogP contribution in [0.1, 0.15) is 145 Å². The fraction of sp³-hybridized carbons (Fsp3) is 0.574. The molecule has 0 spiro atoms. The number of nitrogens with zero attached hydrogens (tertiary/aromatic N) is 9. The second-order valence-electron chi connectivity index (χ2n) is 25.1. The normalized spacial score (nSPS) is 19.7. The summed E-state index contributed by atoms with van der Waals surface area (Å²) in [5.74, 6) is -0.276. The Morgan fingerprint density at radius 1 is 0.881 bits per heavy atom.